The summed E-state index contributed by atoms with van der Waals surface area (Å²) in [5.74, 6) is 2.93. The van der Waals surface area contributed by atoms with E-state index in [4.69, 9.17) is 9.84 Å². The van der Waals surface area contributed by atoms with Gasteiger partial charge in [0.2, 0.25) is 0 Å². The molecule has 2 aromatic carbocycles. The molecular weight excluding hydrogens is 384 g/mol. The van der Waals surface area contributed by atoms with Crippen molar-refractivity contribution in [3.05, 3.63) is 64.7 Å². The lowest BCUT2D eigenvalue weighted by Crippen LogP contribution is -2.48. The molecule has 0 radical (unpaired) electrons. The lowest BCUT2D eigenvalue weighted by atomic mass is 9.48. The number of rotatable bonds is 7. The highest BCUT2D eigenvalue weighted by Crippen LogP contribution is 2.61. The van der Waals surface area contributed by atoms with Crippen LogP contribution in [0, 0.1) is 17.8 Å². The van der Waals surface area contributed by atoms with Crippen molar-refractivity contribution in [2.75, 3.05) is 6.61 Å². The normalized spacial score (nSPS) is 28.9. The highest BCUT2D eigenvalue weighted by molar-refractivity contribution is 5.88. The van der Waals surface area contributed by atoms with Crippen LogP contribution in [0.1, 0.15) is 78.9 Å². The van der Waals surface area contributed by atoms with E-state index in [0.717, 1.165) is 47.7 Å². The van der Waals surface area contributed by atoms with Gasteiger partial charge in [-0.2, -0.15) is 0 Å². The average Bonchev–Trinajstić information content (AvgIpc) is 2.75. The van der Waals surface area contributed by atoms with Gasteiger partial charge in [0.15, 0.2) is 0 Å². The molecule has 4 fully saturated rings. The molecule has 4 saturated carbocycles. The maximum absolute atomic E-state index is 11.0. The Morgan fingerprint density at radius 3 is 2.13 bits per heavy atom. The first-order valence-electron chi connectivity index (χ1n) is 11.8. The zero-order valence-corrected chi connectivity index (χ0v) is 18.3. The minimum absolute atomic E-state index is 0.312. The molecule has 3 heteroatoms. The van der Waals surface area contributed by atoms with Gasteiger partial charge in [0, 0.05) is 5.56 Å². The molecule has 2 aromatic rings. The van der Waals surface area contributed by atoms with Crippen LogP contribution in [-0.2, 0) is 5.41 Å². The highest BCUT2D eigenvalue weighted by Gasteiger charge is 2.52. The van der Waals surface area contributed by atoms with Crippen molar-refractivity contribution in [1.29, 1.82) is 0 Å². The monoisotopic (exact) mass is 416 g/mol. The molecule has 31 heavy (non-hydrogen) atoms. The third-order valence-electron chi connectivity index (χ3n) is 7.70. The maximum atomic E-state index is 11.0. The summed E-state index contributed by atoms with van der Waals surface area (Å²) in [5.41, 5.74) is 4.20. The van der Waals surface area contributed by atoms with Gasteiger partial charge in [-0.15, -0.1) is 0 Å². The predicted octanol–water partition coefficient (Wildman–Crippen LogP) is 6.81. The topological polar surface area (TPSA) is 46.5 Å². The van der Waals surface area contributed by atoms with Gasteiger partial charge in [0.1, 0.15) is 5.75 Å². The van der Waals surface area contributed by atoms with E-state index in [0.29, 0.717) is 11.0 Å². The number of aromatic carboxylic acids is 1. The molecule has 162 valence electrons. The number of hydrogen-bond donors (Lipinski definition) is 1. The fourth-order valence-corrected chi connectivity index (χ4v) is 6.78. The van der Waals surface area contributed by atoms with E-state index in [1.807, 2.05) is 18.2 Å². The molecule has 0 saturated heterocycles. The smallest absolute Gasteiger partial charge is 0.335 e. The van der Waals surface area contributed by atoms with Crippen LogP contribution in [0.4, 0.5) is 0 Å². The summed E-state index contributed by atoms with van der Waals surface area (Å²) >= 11 is 0. The Bertz CT molecular complexity index is 951. The fraction of sp³-hybridized carbons (Fsp3) is 0.464. The van der Waals surface area contributed by atoms with Crippen LogP contribution in [0.5, 0.6) is 5.75 Å². The molecule has 6 rings (SSSR count). The quantitative estimate of drug-likeness (QED) is 0.504. The summed E-state index contributed by atoms with van der Waals surface area (Å²) in [7, 11) is 0. The summed E-state index contributed by atoms with van der Waals surface area (Å²) in [6, 6.07) is 13.8. The summed E-state index contributed by atoms with van der Waals surface area (Å²) < 4.78 is 6.31. The van der Waals surface area contributed by atoms with Crippen LogP contribution in [0.2, 0.25) is 0 Å². The number of ether oxygens (including phenoxy) is 1. The molecule has 1 N–H and O–H groups in total. The zero-order chi connectivity index (χ0) is 21.4. The van der Waals surface area contributed by atoms with Crippen molar-refractivity contribution in [2.45, 2.75) is 57.3 Å². The molecule has 0 heterocycles. The van der Waals surface area contributed by atoms with E-state index < -0.39 is 5.97 Å². The Labute approximate surface area is 185 Å². The van der Waals surface area contributed by atoms with E-state index >= 15 is 0 Å². The third-order valence-corrected chi connectivity index (χ3v) is 7.70. The van der Waals surface area contributed by atoms with Crippen molar-refractivity contribution in [2.24, 2.45) is 17.8 Å². The fourth-order valence-electron chi connectivity index (χ4n) is 6.78. The van der Waals surface area contributed by atoms with Crippen molar-refractivity contribution < 1.29 is 14.6 Å². The number of hydrogen-bond acceptors (Lipinski definition) is 2. The SMILES string of the molecule is CCCOc1cc(/C=C/c2ccc(C(=O)O)cc2)ccc1C12CC3CC(CC(C3)C1)C2. The molecule has 0 aromatic heterocycles. The van der Waals surface area contributed by atoms with E-state index in [9.17, 15) is 4.79 Å². The largest absolute Gasteiger partial charge is 0.493 e. The van der Waals surface area contributed by atoms with Crippen LogP contribution in [0.25, 0.3) is 12.2 Å². The summed E-state index contributed by atoms with van der Waals surface area (Å²) in [5, 5.41) is 9.07. The number of carboxylic acids is 1. The molecule has 4 aliphatic carbocycles. The van der Waals surface area contributed by atoms with Crippen molar-refractivity contribution >= 4 is 18.1 Å². The average molecular weight is 417 g/mol. The lowest BCUT2D eigenvalue weighted by molar-refractivity contribution is -0.00638. The highest BCUT2D eigenvalue weighted by atomic mass is 16.5. The molecule has 3 nitrogen and oxygen atoms in total. The minimum atomic E-state index is -0.895. The lowest BCUT2D eigenvalue weighted by Gasteiger charge is -2.57. The Kier molecular flexibility index (Phi) is 5.37. The van der Waals surface area contributed by atoms with Gasteiger partial charge >= 0.3 is 5.97 Å². The molecule has 0 unspecified atom stereocenters. The second-order valence-electron chi connectivity index (χ2n) is 10.1. The van der Waals surface area contributed by atoms with Crippen LogP contribution in [0.3, 0.4) is 0 Å². The van der Waals surface area contributed by atoms with Crippen LogP contribution < -0.4 is 4.74 Å². The first-order chi connectivity index (χ1) is 15.0. The van der Waals surface area contributed by atoms with E-state index in [2.05, 4.69) is 31.2 Å². The molecule has 4 bridgehead atoms. The van der Waals surface area contributed by atoms with Gasteiger partial charge in [-0.25, -0.2) is 4.79 Å². The third kappa shape index (κ3) is 4.03. The maximum Gasteiger partial charge on any atom is 0.335 e. The standard InChI is InChI=1S/C28H32O3/c1-2-11-31-26-15-20(4-3-19-5-8-24(9-6-19)27(29)30)7-10-25(26)28-16-21-12-22(17-28)14-23(13-21)18-28/h3-10,15,21-23H,2,11-14,16-18H2,1H3,(H,29,30)/b4-3+. The molecule has 0 spiro atoms. The first-order valence-corrected chi connectivity index (χ1v) is 11.8. The predicted molar refractivity (Wildman–Crippen MR) is 124 cm³/mol. The Morgan fingerprint density at radius 1 is 0.968 bits per heavy atom. The molecule has 0 atom stereocenters. The summed E-state index contributed by atoms with van der Waals surface area (Å²) in [6.07, 6.45) is 13.5. The zero-order valence-electron chi connectivity index (χ0n) is 18.3. The molecular formula is C28H32O3. The second kappa shape index (κ2) is 8.18. The van der Waals surface area contributed by atoms with Gasteiger partial charge in [-0.05, 0) is 97.4 Å². The molecule has 0 aliphatic heterocycles. The van der Waals surface area contributed by atoms with E-state index in [1.54, 1.807) is 12.1 Å². The van der Waals surface area contributed by atoms with Crippen molar-refractivity contribution in [1.82, 2.24) is 0 Å². The minimum Gasteiger partial charge on any atom is -0.493 e. The molecule has 4 aliphatic rings. The van der Waals surface area contributed by atoms with Crippen molar-refractivity contribution in [3.8, 4) is 5.75 Å². The van der Waals surface area contributed by atoms with Gasteiger partial charge < -0.3 is 9.84 Å². The molecule has 0 amide bonds. The van der Waals surface area contributed by atoms with E-state index in [-0.39, 0.29) is 0 Å². The van der Waals surface area contributed by atoms with Gasteiger partial charge in [0.25, 0.3) is 0 Å². The first kappa shape index (κ1) is 20.4. The number of carbonyl (C=O) groups is 1. The van der Waals surface area contributed by atoms with Crippen LogP contribution in [-0.4, -0.2) is 17.7 Å². The summed E-state index contributed by atoms with van der Waals surface area (Å²) in [4.78, 5) is 11.0. The van der Waals surface area contributed by atoms with Crippen LogP contribution in [0.15, 0.2) is 42.5 Å². The van der Waals surface area contributed by atoms with Gasteiger partial charge in [-0.1, -0.05) is 43.3 Å². The summed E-state index contributed by atoms with van der Waals surface area (Å²) in [6.45, 7) is 2.91. The Morgan fingerprint density at radius 2 is 1.55 bits per heavy atom. The van der Waals surface area contributed by atoms with Gasteiger partial charge in [-0.3, -0.25) is 0 Å². The Hall–Kier alpha value is -2.55. The number of carboxylic acid groups (broad SMARTS) is 1. The second-order valence-corrected chi connectivity index (χ2v) is 10.1. The van der Waals surface area contributed by atoms with Gasteiger partial charge in [0.05, 0.1) is 12.2 Å². The number of benzene rings is 2. The Balaban J connectivity index is 1.42. The van der Waals surface area contributed by atoms with E-state index in [1.165, 1.54) is 44.1 Å². The van der Waals surface area contributed by atoms with Crippen molar-refractivity contribution in [3.63, 3.8) is 0 Å². The van der Waals surface area contributed by atoms with Crippen LogP contribution >= 0.6 is 0 Å².